The molecule has 2 aromatic rings. The average molecular weight is 355 g/mol. The van der Waals surface area contributed by atoms with Crippen molar-refractivity contribution >= 4 is 18.3 Å². The van der Waals surface area contributed by atoms with Crippen LogP contribution in [0.25, 0.3) is 11.4 Å². The van der Waals surface area contributed by atoms with Gasteiger partial charge in [-0.05, 0) is 37.1 Å². The van der Waals surface area contributed by atoms with Crippen molar-refractivity contribution in [2.24, 2.45) is 5.73 Å². The Morgan fingerprint density at radius 3 is 2.79 bits per heavy atom. The minimum absolute atomic E-state index is 0. The van der Waals surface area contributed by atoms with Crippen LogP contribution >= 0.6 is 12.4 Å². The summed E-state index contributed by atoms with van der Waals surface area (Å²) in [6, 6.07) is 6.01. The topological polar surface area (TPSA) is 85.2 Å². The van der Waals surface area contributed by atoms with Crippen molar-refractivity contribution in [3.05, 3.63) is 36.0 Å². The molecule has 0 radical (unpaired) electrons. The summed E-state index contributed by atoms with van der Waals surface area (Å²) < 4.78 is 18.1. The first-order valence-electron chi connectivity index (χ1n) is 7.73. The fourth-order valence-electron chi connectivity index (χ4n) is 2.64. The minimum Gasteiger partial charge on any atom is -0.341 e. The van der Waals surface area contributed by atoms with Crippen molar-refractivity contribution in [2.75, 3.05) is 13.1 Å². The summed E-state index contributed by atoms with van der Waals surface area (Å²) in [5.41, 5.74) is 6.50. The third kappa shape index (κ3) is 4.52. The lowest BCUT2D eigenvalue weighted by molar-refractivity contribution is -0.130. The Kier molecular flexibility index (Phi) is 6.28. The molecule has 0 bridgehead atoms. The average Bonchev–Trinajstić information content (AvgIpc) is 3.17. The van der Waals surface area contributed by atoms with Gasteiger partial charge >= 0.3 is 0 Å². The van der Waals surface area contributed by atoms with Gasteiger partial charge in [-0.15, -0.1) is 12.4 Å². The van der Waals surface area contributed by atoms with Gasteiger partial charge in [-0.1, -0.05) is 5.16 Å². The number of nitrogens with two attached hydrogens (primary N) is 1. The summed E-state index contributed by atoms with van der Waals surface area (Å²) in [6.45, 7) is 1.39. The molecule has 130 valence electrons. The monoisotopic (exact) mass is 354 g/mol. The van der Waals surface area contributed by atoms with Crippen molar-refractivity contribution in [1.29, 1.82) is 0 Å². The van der Waals surface area contributed by atoms with Gasteiger partial charge in [0.25, 0.3) is 0 Å². The van der Waals surface area contributed by atoms with Gasteiger partial charge < -0.3 is 15.2 Å². The number of rotatable bonds is 5. The van der Waals surface area contributed by atoms with E-state index in [0.717, 1.165) is 13.0 Å². The first-order valence-corrected chi connectivity index (χ1v) is 7.73. The maximum absolute atomic E-state index is 12.9. The summed E-state index contributed by atoms with van der Waals surface area (Å²) in [5, 5.41) is 3.88. The molecule has 1 atom stereocenters. The zero-order chi connectivity index (χ0) is 16.2. The van der Waals surface area contributed by atoms with E-state index in [4.69, 9.17) is 10.3 Å². The number of hydrogen-bond acceptors (Lipinski definition) is 5. The van der Waals surface area contributed by atoms with Gasteiger partial charge in [0.15, 0.2) is 0 Å². The van der Waals surface area contributed by atoms with Crippen LogP contribution in [0.2, 0.25) is 0 Å². The molecule has 1 aromatic carbocycles. The van der Waals surface area contributed by atoms with Gasteiger partial charge in [0.1, 0.15) is 5.82 Å². The molecule has 3 rings (SSSR count). The Morgan fingerprint density at radius 2 is 2.12 bits per heavy atom. The molecule has 1 aliphatic heterocycles. The van der Waals surface area contributed by atoms with Gasteiger partial charge in [0.2, 0.25) is 17.6 Å². The molecule has 2 N–H and O–H groups in total. The normalized spacial score (nSPS) is 16.9. The number of likely N-dealkylation sites (tertiary alicyclic amines) is 1. The van der Waals surface area contributed by atoms with Crippen LogP contribution in [0.5, 0.6) is 0 Å². The van der Waals surface area contributed by atoms with Gasteiger partial charge in [0.05, 0.1) is 0 Å². The minimum atomic E-state index is -0.308. The summed E-state index contributed by atoms with van der Waals surface area (Å²) in [4.78, 5) is 18.1. The maximum Gasteiger partial charge on any atom is 0.226 e. The second-order valence-electron chi connectivity index (χ2n) is 5.76. The second-order valence-corrected chi connectivity index (χ2v) is 5.76. The number of carbonyl (C=O) groups is 1. The smallest absolute Gasteiger partial charge is 0.226 e. The number of amides is 1. The van der Waals surface area contributed by atoms with Crippen molar-refractivity contribution in [3.63, 3.8) is 0 Å². The van der Waals surface area contributed by atoms with E-state index in [-0.39, 0.29) is 30.2 Å². The predicted molar refractivity (Wildman–Crippen MR) is 89.1 cm³/mol. The van der Waals surface area contributed by atoms with Gasteiger partial charge in [-0.25, -0.2) is 4.39 Å². The molecule has 24 heavy (non-hydrogen) atoms. The molecule has 1 aromatic heterocycles. The Hall–Kier alpha value is -1.99. The number of carbonyl (C=O) groups excluding carboxylic acids is 1. The molecule has 0 saturated carbocycles. The molecule has 1 aliphatic rings. The van der Waals surface area contributed by atoms with Crippen LogP contribution in [-0.2, 0) is 11.2 Å². The standard InChI is InChI=1S/C16H19FN4O2.ClH/c17-12-6-4-11(5-7-12)16-19-14(23-20-16)2-1-3-15(22)21-9-8-13(18)10-21;/h4-7,13H,1-3,8-10,18H2;1H/t13-;/m1./s1. The highest BCUT2D eigenvalue weighted by Gasteiger charge is 2.23. The van der Waals surface area contributed by atoms with Crippen LogP contribution in [0.15, 0.2) is 28.8 Å². The summed E-state index contributed by atoms with van der Waals surface area (Å²) in [7, 11) is 0. The Bertz CT molecular complexity index is 677. The van der Waals surface area contributed by atoms with Crippen molar-refractivity contribution in [3.8, 4) is 11.4 Å². The molecular weight excluding hydrogens is 335 g/mol. The highest BCUT2D eigenvalue weighted by Crippen LogP contribution is 2.17. The molecule has 2 heterocycles. The summed E-state index contributed by atoms with van der Waals surface area (Å²) >= 11 is 0. The number of benzene rings is 1. The lowest BCUT2D eigenvalue weighted by Crippen LogP contribution is -2.31. The van der Waals surface area contributed by atoms with Gasteiger partial charge in [-0.2, -0.15) is 4.98 Å². The highest BCUT2D eigenvalue weighted by molar-refractivity contribution is 5.85. The number of aromatic nitrogens is 2. The zero-order valence-electron chi connectivity index (χ0n) is 13.2. The number of halogens is 2. The molecule has 1 saturated heterocycles. The van der Waals surface area contributed by atoms with Crippen molar-refractivity contribution in [2.45, 2.75) is 31.7 Å². The van der Waals surface area contributed by atoms with E-state index < -0.39 is 0 Å². The van der Waals surface area contributed by atoms with Crippen molar-refractivity contribution in [1.82, 2.24) is 15.0 Å². The van der Waals surface area contributed by atoms with Gasteiger partial charge in [-0.3, -0.25) is 4.79 Å². The fraction of sp³-hybridized carbons (Fsp3) is 0.438. The van der Waals surface area contributed by atoms with Crippen LogP contribution in [-0.4, -0.2) is 40.1 Å². The lowest BCUT2D eigenvalue weighted by Gasteiger charge is -2.15. The SMILES string of the molecule is Cl.N[C@@H]1CCN(C(=O)CCCc2nc(-c3ccc(F)cc3)no2)C1. The van der Waals surface area contributed by atoms with E-state index in [1.54, 1.807) is 12.1 Å². The molecule has 0 spiro atoms. The Labute approximate surface area is 145 Å². The van der Waals surface area contributed by atoms with Crippen LogP contribution in [0, 0.1) is 5.82 Å². The Morgan fingerprint density at radius 1 is 1.38 bits per heavy atom. The van der Waals surface area contributed by atoms with Crippen LogP contribution in [0.4, 0.5) is 4.39 Å². The lowest BCUT2D eigenvalue weighted by atomic mass is 10.2. The first-order chi connectivity index (χ1) is 11.1. The predicted octanol–water partition coefficient (Wildman–Crippen LogP) is 2.18. The molecule has 6 nitrogen and oxygen atoms in total. The van der Waals surface area contributed by atoms with Crippen LogP contribution in [0.3, 0.4) is 0 Å². The maximum atomic E-state index is 12.9. The van der Waals surface area contributed by atoms with E-state index in [1.807, 2.05) is 4.90 Å². The molecule has 0 unspecified atom stereocenters. The molecule has 1 fully saturated rings. The zero-order valence-corrected chi connectivity index (χ0v) is 14.0. The van der Waals surface area contributed by atoms with E-state index in [2.05, 4.69) is 10.1 Å². The molecular formula is C16H20ClFN4O2. The third-order valence-electron chi connectivity index (χ3n) is 3.93. The fourth-order valence-corrected chi connectivity index (χ4v) is 2.64. The molecule has 0 aliphatic carbocycles. The summed E-state index contributed by atoms with van der Waals surface area (Å²) in [6.07, 6.45) is 2.51. The summed E-state index contributed by atoms with van der Waals surface area (Å²) in [5.74, 6) is 0.723. The molecule has 1 amide bonds. The van der Waals surface area contributed by atoms with E-state index in [9.17, 15) is 9.18 Å². The second kappa shape index (κ2) is 8.21. The number of aryl methyl sites for hydroxylation is 1. The quantitative estimate of drug-likeness (QED) is 0.889. The third-order valence-corrected chi connectivity index (χ3v) is 3.93. The van der Waals surface area contributed by atoms with E-state index >= 15 is 0 Å². The number of nitrogens with zero attached hydrogens (tertiary/aromatic N) is 3. The van der Waals surface area contributed by atoms with Gasteiger partial charge in [0, 0.05) is 37.5 Å². The van der Waals surface area contributed by atoms with E-state index in [1.165, 1.54) is 12.1 Å². The van der Waals surface area contributed by atoms with E-state index in [0.29, 0.717) is 43.1 Å². The largest absolute Gasteiger partial charge is 0.341 e. The Balaban J connectivity index is 0.00000208. The number of hydrogen-bond donors (Lipinski definition) is 1. The first kappa shape index (κ1) is 18.4. The van der Waals surface area contributed by atoms with Crippen molar-refractivity contribution < 1.29 is 13.7 Å². The van der Waals surface area contributed by atoms with Crippen LogP contribution in [0.1, 0.15) is 25.2 Å². The molecule has 8 heteroatoms. The van der Waals surface area contributed by atoms with Crippen LogP contribution < -0.4 is 5.73 Å². The highest BCUT2D eigenvalue weighted by atomic mass is 35.5.